The lowest BCUT2D eigenvalue weighted by Crippen LogP contribution is -2.61. The van der Waals surface area contributed by atoms with Gasteiger partial charge in [0.05, 0.1) is 0 Å². The second kappa shape index (κ2) is 10.7. The lowest BCUT2D eigenvalue weighted by Gasteiger charge is -2.38. The van der Waals surface area contributed by atoms with Crippen LogP contribution in [0.25, 0.3) is 33.9 Å². The van der Waals surface area contributed by atoms with Gasteiger partial charge in [-0.15, -0.1) is 0 Å². The number of hydrogen-bond acceptors (Lipinski definition) is 11. The van der Waals surface area contributed by atoms with Crippen LogP contribution in [0.4, 0.5) is 0 Å². The van der Waals surface area contributed by atoms with E-state index in [0.717, 1.165) is 29.7 Å². The van der Waals surface area contributed by atoms with E-state index in [-0.39, 0.29) is 22.5 Å². The summed E-state index contributed by atoms with van der Waals surface area (Å²) < 4.78 is 16.5. The van der Waals surface area contributed by atoms with Gasteiger partial charge in [-0.1, -0.05) is 30.3 Å². The third-order valence-corrected chi connectivity index (χ3v) is 7.65. The van der Waals surface area contributed by atoms with Gasteiger partial charge >= 0.3 is 5.97 Å². The van der Waals surface area contributed by atoms with Crippen molar-refractivity contribution < 1.29 is 54.4 Å². The molecule has 1 saturated heterocycles. The lowest BCUT2D eigenvalue weighted by molar-refractivity contribution is -0.271. The zero-order valence-electron chi connectivity index (χ0n) is 22.2. The molecule has 3 aromatic carbocycles. The Hall–Kier alpha value is -4.88. The fraction of sp³-hybridized carbons (Fsp3) is 0.226. The topological polar surface area (TPSA) is 207 Å². The van der Waals surface area contributed by atoms with Gasteiger partial charge < -0.3 is 49.6 Å². The van der Waals surface area contributed by atoms with Crippen molar-refractivity contribution in [1.82, 2.24) is 0 Å². The maximum Gasteiger partial charge on any atom is 0.335 e. The molecule has 5 atom stereocenters. The molecule has 12 heteroatoms. The molecule has 2 heterocycles. The Morgan fingerprint density at radius 3 is 2.40 bits per heavy atom. The highest BCUT2D eigenvalue weighted by Gasteiger charge is 2.48. The Bertz CT molecular complexity index is 1840. The number of aryl methyl sites for hydroxylation is 1. The van der Waals surface area contributed by atoms with E-state index in [1.54, 1.807) is 12.1 Å². The number of rotatable bonds is 5. The molecule has 0 unspecified atom stereocenters. The van der Waals surface area contributed by atoms with Gasteiger partial charge in [0, 0.05) is 17.7 Å². The maximum atomic E-state index is 13.2. The van der Waals surface area contributed by atoms with Crippen molar-refractivity contribution in [2.75, 3.05) is 0 Å². The highest BCUT2D eigenvalue weighted by molar-refractivity contribution is 5.93. The predicted octanol–water partition coefficient (Wildman–Crippen LogP) is 2.33. The average Bonchev–Trinajstić information content (AvgIpc) is 2.99. The van der Waals surface area contributed by atoms with Gasteiger partial charge in [0.2, 0.25) is 12.0 Å². The molecule has 12 nitrogen and oxygen atoms in total. The van der Waals surface area contributed by atoms with Crippen LogP contribution in [0.5, 0.6) is 23.0 Å². The van der Waals surface area contributed by atoms with Crippen molar-refractivity contribution in [2.45, 2.75) is 43.5 Å². The molecule has 6 rings (SSSR count). The highest BCUT2D eigenvalue weighted by atomic mass is 16.7. The number of ether oxygens (including phenoxy) is 2. The number of aromatic hydroxyl groups is 3. The molecule has 7 N–H and O–H groups in total. The summed E-state index contributed by atoms with van der Waals surface area (Å²) in [5, 5.41) is 70.8. The number of aliphatic hydroxyl groups excluding tert-OH is 3. The fourth-order valence-corrected chi connectivity index (χ4v) is 5.42. The minimum Gasteiger partial charge on any atom is -0.508 e. The van der Waals surface area contributed by atoms with Gasteiger partial charge in [0.1, 0.15) is 40.8 Å². The molecule has 0 saturated carbocycles. The number of benzene rings is 3. The molecular weight excluding hydrogens is 564 g/mol. The molecule has 222 valence electrons. The number of carboxylic acids is 1. The molecule has 0 amide bonds. The molecule has 2 aliphatic rings. The van der Waals surface area contributed by atoms with Crippen LogP contribution in [-0.2, 0) is 16.0 Å². The van der Waals surface area contributed by atoms with Crippen LogP contribution in [0.2, 0.25) is 0 Å². The Labute approximate surface area is 242 Å². The van der Waals surface area contributed by atoms with Crippen LogP contribution in [0.3, 0.4) is 0 Å². The number of allylic oxidation sites excluding steroid dienone is 1. The summed E-state index contributed by atoms with van der Waals surface area (Å²) in [5.74, 6) is -3.99. The van der Waals surface area contributed by atoms with E-state index in [9.17, 15) is 45.3 Å². The number of phenolic OH excluding ortho intramolecular Hbond substituents is 3. The largest absolute Gasteiger partial charge is 0.508 e. The molecule has 4 aromatic rings. The summed E-state index contributed by atoms with van der Waals surface area (Å²) in [5.41, 5.74) is 3.22. The number of carboxylic acid groups (broad SMARTS) is 1. The molecule has 1 fully saturated rings. The summed E-state index contributed by atoms with van der Waals surface area (Å²) in [4.78, 5) is 24.6. The van der Waals surface area contributed by atoms with Crippen molar-refractivity contribution in [3.8, 4) is 34.3 Å². The number of carbonyl (C=O) groups is 1. The van der Waals surface area contributed by atoms with Gasteiger partial charge in [-0.3, -0.25) is 4.79 Å². The first-order chi connectivity index (χ1) is 20.5. The van der Waals surface area contributed by atoms with E-state index in [1.165, 1.54) is 11.6 Å². The number of aliphatic hydroxyl groups is 3. The van der Waals surface area contributed by atoms with Crippen LogP contribution in [-0.4, -0.2) is 72.4 Å². The standard InChI is InChI=1S/C31H26O12/c32-16-7-8-17(18(10-16)15-6-5-13-3-1-2-4-14(13)9-15)20-11-19(33)23-21(41-20)12-22(24(34)25(23)35)42-31-28(38)26(36)27(37)29(43-31)30(39)40/h1-4,7-12,26-29,31-32,34-38H,5-6H2,(H,39,40)/t26-,27-,28+,29-,31-/m0/s1. The Morgan fingerprint density at radius 1 is 0.860 bits per heavy atom. The summed E-state index contributed by atoms with van der Waals surface area (Å²) in [7, 11) is 0. The highest BCUT2D eigenvalue weighted by Crippen LogP contribution is 2.44. The monoisotopic (exact) mass is 590 g/mol. The minimum absolute atomic E-state index is 0.00194. The summed E-state index contributed by atoms with van der Waals surface area (Å²) >= 11 is 0. The van der Waals surface area contributed by atoms with Crippen molar-refractivity contribution in [1.29, 1.82) is 0 Å². The van der Waals surface area contributed by atoms with Crippen LogP contribution in [0.15, 0.2) is 63.8 Å². The average molecular weight is 591 g/mol. The van der Waals surface area contributed by atoms with Gasteiger partial charge in [-0.25, -0.2) is 4.79 Å². The molecule has 1 aromatic heterocycles. The number of aliphatic carboxylic acids is 1. The third kappa shape index (κ3) is 4.96. The van der Waals surface area contributed by atoms with E-state index in [4.69, 9.17) is 13.9 Å². The van der Waals surface area contributed by atoms with E-state index in [1.807, 2.05) is 30.3 Å². The van der Waals surface area contributed by atoms with Gasteiger partial charge in [0.15, 0.2) is 23.0 Å². The SMILES string of the molecule is O=C(O)[C@H]1O[C@H](Oc2cc3oc(-c4ccc(O)cc4C4=Cc5ccccc5CC4)cc(=O)c3c(O)c2O)[C@H](O)[C@@H](O)[C@@H]1O. The normalized spacial score (nSPS) is 23.4. The molecule has 1 aliphatic carbocycles. The van der Waals surface area contributed by atoms with Gasteiger partial charge in [-0.2, -0.15) is 0 Å². The van der Waals surface area contributed by atoms with Crippen molar-refractivity contribution >= 4 is 28.6 Å². The van der Waals surface area contributed by atoms with E-state index < -0.39 is 59.4 Å². The fourth-order valence-electron chi connectivity index (χ4n) is 5.42. The molecule has 43 heavy (non-hydrogen) atoms. The van der Waals surface area contributed by atoms with Crippen LogP contribution in [0, 0.1) is 0 Å². The van der Waals surface area contributed by atoms with Crippen molar-refractivity contribution in [3.63, 3.8) is 0 Å². The van der Waals surface area contributed by atoms with E-state index in [2.05, 4.69) is 0 Å². The maximum absolute atomic E-state index is 13.2. The predicted molar refractivity (Wildman–Crippen MR) is 150 cm³/mol. The second-order valence-corrected chi connectivity index (χ2v) is 10.4. The first-order valence-corrected chi connectivity index (χ1v) is 13.3. The zero-order valence-corrected chi connectivity index (χ0v) is 22.2. The van der Waals surface area contributed by atoms with Crippen LogP contribution >= 0.6 is 0 Å². The molecule has 1 aliphatic heterocycles. The van der Waals surface area contributed by atoms with Crippen LogP contribution < -0.4 is 10.2 Å². The lowest BCUT2D eigenvalue weighted by atomic mass is 9.86. The summed E-state index contributed by atoms with van der Waals surface area (Å²) in [6, 6.07) is 14.7. The number of phenols is 3. The molecule has 0 radical (unpaired) electrons. The quantitative estimate of drug-likeness (QED) is 0.167. The zero-order chi connectivity index (χ0) is 30.6. The van der Waals surface area contributed by atoms with E-state index in [0.29, 0.717) is 17.5 Å². The second-order valence-electron chi connectivity index (χ2n) is 10.4. The Balaban J connectivity index is 1.43. The number of hydrogen-bond donors (Lipinski definition) is 7. The van der Waals surface area contributed by atoms with Crippen molar-refractivity contribution in [2.24, 2.45) is 0 Å². The molecule has 0 spiro atoms. The number of fused-ring (bicyclic) bond motifs is 2. The van der Waals surface area contributed by atoms with Gasteiger partial charge in [0.25, 0.3) is 0 Å². The molecule has 0 bridgehead atoms. The minimum atomic E-state index is -1.98. The Morgan fingerprint density at radius 2 is 1.63 bits per heavy atom. The van der Waals surface area contributed by atoms with Gasteiger partial charge in [-0.05, 0) is 53.3 Å². The third-order valence-electron chi connectivity index (χ3n) is 7.65. The molecular formula is C31H26O12. The summed E-state index contributed by atoms with van der Waals surface area (Å²) in [6.07, 6.45) is -6.37. The summed E-state index contributed by atoms with van der Waals surface area (Å²) in [6.45, 7) is 0. The Kier molecular flexibility index (Phi) is 7.06. The first-order valence-electron chi connectivity index (χ1n) is 13.3. The van der Waals surface area contributed by atoms with Crippen LogP contribution in [0.1, 0.15) is 23.1 Å². The smallest absolute Gasteiger partial charge is 0.335 e. The van der Waals surface area contributed by atoms with Crippen molar-refractivity contribution in [3.05, 3.63) is 81.5 Å². The first kappa shape index (κ1) is 28.2. The van der Waals surface area contributed by atoms with E-state index >= 15 is 0 Å².